The van der Waals surface area contributed by atoms with Crippen molar-refractivity contribution in [3.8, 4) is 11.1 Å². The number of hydrogen-bond acceptors (Lipinski definition) is 1. The summed E-state index contributed by atoms with van der Waals surface area (Å²) < 4.78 is 0. The van der Waals surface area contributed by atoms with Gasteiger partial charge >= 0.3 is 0 Å². The largest absolute Gasteiger partial charge is 0.294 e. The lowest BCUT2D eigenvalue weighted by molar-refractivity contribution is 0.0988. The van der Waals surface area contributed by atoms with Crippen LogP contribution in [0.25, 0.3) is 11.1 Å². The van der Waals surface area contributed by atoms with Gasteiger partial charge in [0.1, 0.15) is 0 Å². The van der Waals surface area contributed by atoms with E-state index < -0.39 is 0 Å². The molecular formula is C17H18O. The first kappa shape index (κ1) is 12.6. The van der Waals surface area contributed by atoms with Crippen LogP contribution in [0.4, 0.5) is 0 Å². The Morgan fingerprint density at radius 1 is 0.944 bits per heavy atom. The zero-order valence-electron chi connectivity index (χ0n) is 11.2. The van der Waals surface area contributed by atoms with Crippen molar-refractivity contribution in [2.75, 3.05) is 0 Å². The van der Waals surface area contributed by atoms with Gasteiger partial charge in [-0.25, -0.2) is 0 Å². The fourth-order valence-electron chi connectivity index (χ4n) is 2.00. The molecule has 0 spiro atoms. The molecule has 2 aromatic rings. The highest BCUT2D eigenvalue weighted by atomic mass is 16.1. The molecule has 0 aliphatic carbocycles. The number of Topliss-reactive ketones (excluding diaryl/α,β-unsaturated/α-hetero) is 1. The number of hydrogen-bond donors (Lipinski definition) is 0. The first-order chi connectivity index (χ1) is 8.61. The van der Waals surface area contributed by atoms with E-state index in [1.807, 2.05) is 25.1 Å². The Balaban J connectivity index is 2.44. The maximum absolute atomic E-state index is 11.7. The third-order valence-electron chi connectivity index (χ3n) is 3.35. The number of carbonyl (C=O) groups is 1. The first-order valence-corrected chi connectivity index (χ1v) is 6.32. The maximum Gasteiger partial charge on any atom is 0.162 e. The van der Waals surface area contributed by atoms with Gasteiger partial charge in [-0.15, -0.1) is 0 Å². The minimum absolute atomic E-state index is 0.195. The van der Waals surface area contributed by atoms with Crippen molar-refractivity contribution in [1.82, 2.24) is 0 Å². The molecule has 0 radical (unpaired) electrons. The molecule has 0 saturated heterocycles. The second-order valence-corrected chi connectivity index (χ2v) is 4.66. The zero-order chi connectivity index (χ0) is 13.1. The Bertz CT molecular complexity index is 582. The van der Waals surface area contributed by atoms with Gasteiger partial charge in [0, 0.05) is 12.0 Å². The molecule has 18 heavy (non-hydrogen) atoms. The summed E-state index contributed by atoms with van der Waals surface area (Å²) in [6.45, 7) is 6.11. The smallest absolute Gasteiger partial charge is 0.162 e. The summed E-state index contributed by atoms with van der Waals surface area (Å²) in [5, 5.41) is 0. The zero-order valence-corrected chi connectivity index (χ0v) is 11.2. The quantitative estimate of drug-likeness (QED) is 0.716. The summed E-state index contributed by atoms with van der Waals surface area (Å²) in [4.78, 5) is 11.7. The van der Waals surface area contributed by atoms with Gasteiger partial charge in [-0.2, -0.15) is 0 Å². The summed E-state index contributed by atoms with van der Waals surface area (Å²) in [6, 6.07) is 14.3. The number of rotatable bonds is 3. The second kappa shape index (κ2) is 5.18. The number of carbonyl (C=O) groups excluding carboxylic acids is 1. The summed E-state index contributed by atoms with van der Waals surface area (Å²) in [6.07, 6.45) is 0.552. The molecule has 0 atom stereocenters. The fraction of sp³-hybridized carbons (Fsp3) is 0.235. The lowest BCUT2D eigenvalue weighted by Crippen LogP contribution is -1.96. The molecule has 0 aliphatic rings. The minimum atomic E-state index is 0.195. The van der Waals surface area contributed by atoms with Crippen molar-refractivity contribution >= 4 is 5.78 Å². The van der Waals surface area contributed by atoms with Crippen LogP contribution in [0.2, 0.25) is 0 Å². The van der Waals surface area contributed by atoms with Crippen molar-refractivity contribution in [2.45, 2.75) is 27.2 Å². The molecule has 0 unspecified atom stereocenters. The van der Waals surface area contributed by atoms with Gasteiger partial charge in [0.15, 0.2) is 5.78 Å². The molecule has 1 nitrogen and oxygen atoms in total. The van der Waals surface area contributed by atoms with E-state index in [4.69, 9.17) is 0 Å². The monoisotopic (exact) mass is 238 g/mol. The normalized spacial score (nSPS) is 10.4. The number of benzene rings is 2. The molecule has 0 saturated carbocycles. The Labute approximate surface area is 108 Å². The van der Waals surface area contributed by atoms with Gasteiger partial charge in [-0.05, 0) is 42.2 Å². The van der Waals surface area contributed by atoms with Crippen LogP contribution in [0.3, 0.4) is 0 Å². The molecule has 0 N–H and O–H groups in total. The van der Waals surface area contributed by atoms with E-state index in [2.05, 4.69) is 38.1 Å². The Morgan fingerprint density at radius 2 is 1.67 bits per heavy atom. The van der Waals surface area contributed by atoms with Crippen LogP contribution in [0.5, 0.6) is 0 Å². The summed E-state index contributed by atoms with van der Waals surface area (Å²) in [5.41, 5.74) is 5.65. The van der Waals surface area contributed by atoms with Crippen LogP contribution < -0.4 is 0 Å². The topological polar surface area (TPSA) is 17.1 Å². The predicted octanol–water partition coefficient (Wildman–Crippen LogP) is 4.56. The van der Waals surface area contributed by atoms with Crippen LogP contribution in [0, 0.1) is 13.8 Å². The molecule has 2 aromatic carbocycles. The van der Waals surface area contributed by atoms with Crippen LogP contribution in [0.15, 0.2) is 42.5 Å². The van der Waals surface area contributed by atoms with Crippen molar-refractivity contribution < 1.29 is 4.79 Å². The van der Waals surface area contributed by atoms with E-state index >= 15 is 0 Å². The maximum atomic E-state index is 11.7. The molecule has 0 amide bonds. The average molecular weight is 238 g/mol. The van der Waals surface area contributed by atoms with Gasteiger partial charge in [0.2, 0.25) is 0 Å². The van der Waals surface area contributed by atoms with E-state index in [9.17, 15) is 4.79 Å². The van der Waals surface area contributed by atoms with Crippen molar-refractivity contribution in [1.29, 1.82) is 0 Å². The lowest BCUT2D eigenvalue weighted by Gasteiger charge is -2.07. The van der Waals surface area contributed by atoms with Crippen molar-refractivity contribution in [3.05, 3.63) is 59.2 Å². The van der Waals surface area contributed by atoms with Gasteiger partial charge in [-0.1, -0.05) is 43.3 Å². The van der Waals surface area contributed by atoms with E-state index in [0.29, 0.717) is 6.42 Å². The summed E-state index contributed by atoms with van der Waals surface area (Å²) in [5.74, 6) is 0.195. The van der Waals surface area contributed by atoms with Crippen molar-refractivity contribution in [3.63, 3.8) is 0 Å². The third kappa shape index (κ3) is 2.51. The molecular weight excluding hydrogens is 220 g/mol. The van der Waals surface area contributed by atoms with E-state index in [-0.39, 0.29) is 5.78 Å². The highest BCUT2D eigenvalue weighted by Gasteiger charge is 2.05. The molecule has 0 bridgehead atoms. The Kier molecular flexibility index (Phi) is 3.61. The summed E-state index contributed by atoms with van der Waals surface area (Å²) in [7, 11) is 0. The van der Waals surface area contributed by atoms with Crippen LogP contribution >= 0.6 is 0 Å². The van der Waals surface area contributed by atoms with E-state index in [1.165, 1.54) is 16.7 Å². The van der Waals surface area contributed by atoms with Gasteiger partial charge in [-0.3, -0.25) is 4.79 Å². The SMILES string of the molecule is CCC(=O)c1cccc(-c2ccc(C)c(C)c2)c1. The third-order valence-corrected chi connectivity index (χ3v) is 3.35. The van der Waals surface area contributed by atoms with Crippen LogP contribution in [-0.2, 0) is 0 Å². The number of aryl methyl sites for hydroxylation is 2. The molecule has 0 aliphatic heterocycles. The molecule has 92 valence electrons. The van der Waals surface area contributed by atoms with Gasteiger partial charge < -0.3 is 0 Å². The Morgan fingerprint density at radius 3 is 2.33 bits per heavy atom. The fourth-order valence-corrected chi connectivity index (χ4v) is 2.00. The van der Waals surface area contributed by atoms with Crippen LogP contribution in [0.1, 0.15) is 34.8 Å². The van der Waals surface area contributed by atoms with E-state index in [1.54, 1.807) is 0 Å². The predicted molar refractivity (Wildman–Crippen MR) is 76.0 cm³/mol. The molecule has 0 aromatic heterocycles. The molecule has 2 rings (SSSR count). The minimum Gasteiger partial charge on any atom is -0.294 e. The highest BCUT2D eigenvalue weighted by Crippen LogP contribution is 2.23. The summed E-state index contributed by atoms with van der Waals surface area (Å²) >= 11 is 0. The van der Waals surface area contributed by atoms with Gasteiger partial charge in [0.05, 0.1) is 0 Å². The molecule has 0 heterocycles. The Hall–Kier alpha value is -1.89. The standard InChI is InChI=1S/C17H18O/c1-4-17(18)16-7-5-6-14(11-16)15-9-8-12(2)13(3)10-15/h5-11H,4H2,1-3H3. The highest BCUT2D eigenvalue weighted by molar-refractivity contribution is 5.97. The van der Waals surface area contributed by atoms with Crippen molar-refractivity contribution in [2.24, 2.45) is 0 Å². The van der Waals surface area contributed by atoms with Gasteiger partial charge in [0.25, 0.3) is 0 Å². The first-order valence-electron chi connectivity index (χ1n) is 6.32. The van der Waals surface area contributed by atoms with Crippen LogP contribution in [-0.4, -0.2) is 5.78 Å². The molecule has 1 heteroatoms. The lowest BCUT2D eigenvalue weighted by atomic mass is 9.98. The second-order valence-electron chi connectivity index (χ2n) is 4.66. The average Bonchev–Trinajstić information content (AvgIpc) is 2.41. The molecule has 0 fully saturated rings. The number of ketones is 1. The van der Waals surface area contributed by atoms with E-state index in [0.717, 1.165) is 11.1 Å².